The maximum Gasteiger partial charge on any atom is 0.530 e. The Balaban J connectivity index is 2.39. The molecule has 0 aliphatic heterocycles. The van der Waals surface area contributed by atoms with E-state index in [0.29, 0.717) is 16.5 Å². The van der Waals surface area contributed by atoms with E-state index >= 15 is 0 Å². The van der Waals surface area contributed by atoms with Gasteiger partial charge in [0, 0.05) is 5.39 Å². The molecule has 24 heavy (non-hydrogen) atoms. The largest absolute Gasteiger partial charge is 0.530 e. The summed E-state index contributed by atoms with van der Waals surface area (Å²) in [4.78, 5) is 0. The SMILES string of the molecule is C#Cc1c(F)ccc2cc(OP(=O)(OC(C)C)OC(C)C)ccc12. The van der Waals surface area contributed by atoms with E-state index < -0.39 is 13.6 Å². The van der Waals surface area contributed by atoms with Crippen molar-refractivity contribution in [3.05, 3.63) is 41.7 Å². The topological polar surface area (TPSA) is 44.8 Å². The van der Waals surface area contributed by atoms with Crippen LogP contribution < -0.4 is 4.52 Å². The first kappa shape index (κ1) is 18.5. The number of phosphoric acid groups is 1. The predicted molar refractivity (Wildman–Crippen MR) is 92.5 cm³/mol. The lowest BCUT2D eigenvalue weighted by atomic mass is 10.0. The first-order valence-corrected chi connectivity index (χ1v) is 9.05. The summed E-state index contributed by atoms with van der Waals surface area (Å²) < 4.78 is 42.7. The Morgan fingerprint density at radius 2 is 1.71 bits per heavy atom. The minimum absolute atomic E-state index is 0.180. The monoisotopic (exact) mass is 350 g/mol. The van der Waals surface area contributed by atoms with Crippen LogP contribution in [0.3, 0.4) is 0 Å². The Labute approximate surface area is 141 Å². The molecule has 2 aromatic rings. The molecule has 0 amide bonds. The van der Waals surface area contributed by atoms with Crippen molar-refractivity contribution in [2.24, 2.45) is 0 Å². The van der Waals surface area contributed by atoms with Gasteiger partial charge in [-0.05, 0) is 57.3 Å². The van der Waals surface area contributed by atoms with E-state index in [9.17, 15) is 8.96 Å². The third-order valence-electron chi connectivity index (χ3n) is 2.98. The molecule has 0 saturated heterocycles. The highest BCUT2D eigenvalue weighted by Gasteiger charge is 2.31. The number of benzene rings is 2. The molecule has 0 aliphatic carbocycles. The fourth-order valence-corrected chi connectivity index (χ4v) is 3.74. The molecular formula is C18H20FO4P. The predicted octanol–water partition coefficient (Wildman–Crippen LogP) is 5.30. The van der Waals surface area contributed by atoms with Crippen LogP contribution in [0.15, 0.2) is 30.3 Å². The summed E-state index contributed by atoms with van der Waals surface area (Å²) in [6.45, 7) is 6.95. The molecule has 128 valence electrons. The summed E-state index contributed by atoms with van der Waals surface area (Å²) in [5, 5.41) is 1.25. The van der Waals surface area contributed by atoms with Crippen LogP contribution in [0.25, 0.3) is 10.8 Å². The molecule has 6 heteroatoms. The number of rotatable bonds is 6. The zero-order valence-electron chi connectivity index (χ0n) is 14.1. The van der Waals surface area contributed by atoms with Gasteiger partial charge in [-0.25, -0.2) is 8.96 Å². The van der Waals surface area contributed by atoms with E-state index in [2.05, 4.69) is 5.92 Å². The molecule has 0 heterocycles. The number of phosphoric ester groups is 1. The zero-order chi connectivity index (χ0) is 17.9. The van der Waals surface area contributed by atoms with Crippen molar-refractivity contribution in [1.29, 1.82) is 0 Å². The first-order chi connectivity index (χ1) is 11.2. The Kier molecular flexibility index (Phi) is 5.66. The third kappa shape index (κ3) is 4.36. The average Bonchev–Trinajstić information content (AvgIpc) is 2.45. The molecule has 0 spiro atoms. The van der Waals surface area contributed by atoms with Crippen LogP contribution in [0.2, 0.25) is 0 Å². The summed E-state index contributed by atoms with van der Waals surface area (Å²) in [6.07, 6.45) is 4.69. The van der Waals surface area contributed by atoms with E-state index in [0.717, 1.165) is 0 Å². The summed E-state index contributed by atoms with van der Waals surface area (Å²) >= 11 is 0. The lowest BCUT2D eigenvalue weighted by Crippen LogP contribution is -2.11. The fraction of sp³-hybridized carbons (Fsp3) is 0.333. The molecule has 0 bridgehead atoms. The van der Waals surface area contributed by atoms with Gasteiger partial charge < -0.3 is 4.52 Å². The van der Waals surface area contributed by atoms with Crippen molar-refractivity contribution in [3.8, 4) is 18.1 Å². The normalized spacial score (nSPS) is 11.9. The van der Waals surface area contributed by atoms with E-state index in [-0.39, 0.29) is 17.8 Å². The van der Waals surface area contributed by atoms with Crippen molar-refractivity contribution in [3.63, 3.8) is 0 Å². The van der Waals surface area contributed by atoms with E-state index in [1.54, 1.807) is 52.0 Å². The van der Waals surface area contributed by atoms with Crippen molar-refractivity contribution in [2.75, 3.05) is 0 Å². The zero-order valence-corrected chi connectivity index (χ0v) is 15.0. The minimum atomic E-state index is -3.77. The summed E-state index contributed by atoms with van der Waals surface area (Å²) in [6, 6.07) is 7.67. The molecule has 2 aromatic carbocycles. The standard InChI is InChI=1S/C18H20FO4P/c1-6-16-17-9-8-15(11-14(17)7-10-18(16)19)23-24(20,21-12(2)3)22-13(4)5/h1,7-13H,2-5H3. The van der Waals surface area contributed by atoms with Gasteiger partial charge in [0.1, 0.15) is 11.6 Å². The summed E-state index contributed by atoms with van der Waals surface area (Å²) in [7, 11) is -3.77. The summed E-state index contributed by atoms with van der Waals surface area (Å²) in [5.74, 6) is 2.17. The van der Waals surface area contributed by atoms with Crippen LogP contribution in [0.5, 0.6) is 5.75 Å². The van der Waals surface area contributed by atoms with Gasteiger partial charge in [-0.1, -0.05) is 12.0 Å². The number of hydrogen-bond donors (Lipinski definition) is 0. The quantitative estimate of drug-likeness (QED) is 0.524. The number of fused-ring (bicyclic) bond motifs is 1. The van der Waals surface area contributed by atoms with Crippen molar-refractivity contribution in [1.82, 2.24) is 0 Å². The molecule has 0 fully saturated rings. The third-order valence-corrected chi connectivity index (χ3v) is 4.78. The van der Waals surface area contributed by atoms with Crippen LogP contribution in [-0.4, -0.2) is 12.2 Å². The molecule has 4 nitrogen and oxygen atoms in total. The van der Waals surface area contributed by atoms with Crippen molar-refractivity contribution in [2.45, 2.75) is 39.9 Å². The second-order valence-corrected chi connectivity index (χ2v) is 7.30. The maximum atomic E-state index is 13.7. The molecule has 0 aromatic heterocycles. The van der Waals surface area contributed by atoms with Crippen molar-refractivity contribution >= 4 is 18.6 Å². The Morgan fingerprint density at radius 3 is 2.25 bits per heavy atom. The Morgan fingerprint density at radius 1 is 1.08 bits per heavy atom. The Hall–Kier alpha value is -1.86. The fourth-order valence-electron chi connectivity index (χ4n) is 2.20. The lowest BCUT2D eigenvalue weighted by molar-refractivity contribution is 0.103. The smallest absolute Gasteiger partial charge is 0.404 e. The van der Waals surface area contributed by atoms with Crippen LogP contribution in [0.4, 0.5) is 4.39 Å². The van der Waals surface area contributed by atoms with Gasteiger partial charge in [0.15, 0.2) is 0 Å². The molecule has 0 N–H and O–H groups in total. The maximum absolute atomic E-state index is 13.7. The van der Waals surface area contributed by atoms with Crippen LogP contribution in [0.1, 0.15) is 33.3 Å². The highest BCUT2D eigenvalue weighted by molar-refractivity contribution is 7.49. The van der Waals surface area contributed by atoms with Gasteiger partial charge in [0.05, 0.1) is 17.8 Å². The highest BCUT2D eigenvalue weighted by Crippen LogP contribution is 2.51. The highest BCUT2D eigenvalue weighted by atomic mass is 31.2. The van der Waals surface area contributed by atoms with E-state index in [1.165, 1.54) is 6.07 Å². The second kappa shape index (κ2) is 7.36. The van der Waals surface area contributed by atoms with Crippen molar-refractivity contribution < 1.29 is 22.5 Å². The van der Waals surface area contributed by atoms with Gasteiger partial charge in [0.25, 0.3) is 0 Å². The summed E-state index contributed by atoms with van der Waals surface area (Å²) in [5.41, 5.74) is 0.180. The van der Waals surface area contributed by atoms with Gasteiger partial charge in [0.2, 0.25) is 0 Å². The molecule has 0 saturated carbocycles. The molecular weight excluding hydrogens is 330 g/mol. The number of halogens is 1. The second-order valence-electron chi connectivity index (χ2n) is 5.80. The van der Waals surface area contributed by atoms with E-state index in [1.807, 2.05) is 0 Å². The van der Waals surface area contributed by atoms with E-state index in [4.69, 9.17) is 20.0 Å². The molecule has 0 radical (unpaired) electrons. The number of hydrogen-bond acceptors (Lipinski definition) is 4. The number of terminal acetylenes is 1. The van der Waals surface area contributed by atoms with Crippen LogP contribution in [-0.2, 0) is 13.6 Å². The Bertz CT molecular complexity index is 810. The van der Waals surface area contributed by atoms with Gasteiger partial charge in [-0.2, -0.15) is 0 Å². The molecule has 0 atom stereocenters. The van der Waals surface area contributed by atoms with Gasteiger partial charge in [-0.15, -0.1) is 6.42 Å². The minimum Gasteiger partial charge on any atom is -0.404 e. The first-order valence-electron chi connectivity index (χ1n) is 7.59. The van der Waals surface area contributed by atoms with Crippen LogP contribution in [0, 0.1) is 18.2 Å². The molecule has 0 unspecified atom stereocenters. The van der Waals surface area contributed by atoms with Crippen LogP contribution >= 0.6 is 7.82 Å². The lowest BCUT2D eigenvalue weighted by Gasteiger charge is -2.22. The molecule has 2 rings (SSSR count). The molecule has 0 aliphatic rings. The van der Waals surface area contributed by atoms with Gasteiger partial charge >= 0.3 is 7.82 Å². The van der Waals surface area contributed by atoms with Gasteiger partial charge in [-0.3, -0.25) is 9.05 Å². The average molecular weight is 350 g/mol.